The molecule has 36 heavy (non-hydrogen) atoms. The van der Waals surface area contributed by atoms with E-state index in [0.717, 1.165) is 5.56 Å². The van der Waals surface area contributed by atoms with Crippen LogP contribution in [0.3, 0.4) is 0 Å². The van der Waals surface area contributed by atoms with E-state index < -0.39 is 5.82 Å². The fraction of sp³-hybridized carbons (Fsp3) is 0.185. The number of nitrogens with one attached hydrogen (secondary N) is 2. The number of ether oxygens (including phenoxy) is 2. The van der Waals surface area contributed by atoms with Gasteiger partial charge in [0, 0.05) is 41.8 Å². The maximum atomic E-state index is 13.9. The Kier molecular flexibility index (Phi) is 7.39. The summed E-state index contributed by atoms with van der Waals surface area (Å²) in [6.07, 6.45) is 4.75. The zero-order valence-electron chi connectivity index (χ0n) is 20.1. The first-order valence-corrected chi connectivity index (χ1v) is 11.2. The maximum Gasteiger partial charge on any atom is 0.256 e. The number of rotatable bonds is 8. The van der Waals surface area contributed by atoms with Crippen LogP contribution in [0.1, 0.15) is 27.0 Å². The Labute approximate surface area is 207 Å². The van der Waals surface area contributed by atoms with Gasteiger partial charge in [0.15, 0.2) is 5.82 Å². The second kappa shape index (κ2) is 10.8. The van der Waals surface area contributed by atoms with Gasteiger partial charge in [-0.25, -0.2) is 9.37 Å². The van der Waals surface area contributed by atoms with Crippen LogP contribution in [-0.4, -0.2) is 36.7 Å². The molecule has 9 heteroatoms. The number of hydrogen-bond acceptors (Lipinski definition) is 6. The van der Waals surface area contributed by atoms with Gasteiger partial charge in [-0.3, -0.25) is 14.6 Å². The monoisotopic (exact) mass is 488 g/mol. The first kappa shape index (κ1) is 24.6. The fourth-order valence-corrected chi connectivity index (χ4v) is 3.59. The van der Waals surface area contributed by atoms with E-state index in [1.54, 1.807) is 49.5 Å². The first-order chi connectivity index (χ1) is 17.4. The summed E-state index contributed by atoms with van der Waals surface area (Å²) in [6, 6.07) is 11.8. The number of halogens is 1. The van der Waals surface area contributed by atoms with Gasteiger partial charge in [-0.1, -0.05) is 12.1 Å². The van der Waals surface area contributed by atoms with Crippen LogP contribution in [0.15, 0.2) is 65.3 Å². The molecule has 2 heterocycles. The Bertz CT molecular complexity index is 1380. The van der Waals surface area contributed by atoms with Crippen molar-refractivity contribution < 1.29 is 23.5 Å². The lowest BCUT2D eigenvalue weighted by molar-refractivity contribution is -0.112. The maximum absolute atomic E-state index is 13.9. The molecule has 0 unspecified atom stereocenters. The first-order valence-electron chi connectivity index (χ1n) is 11.2. The number of anilines is 1. The van der Waals surface area contributed by atoms with Crippen LogP contribution in [0.5, 0.6) is 17.4 Å². The van der Waals surface area contributed by atoms with Crippen LogP contribution in [-0.2, 0) is 11.3 Å². The van der Waals surface area contributed by atoms with Gasteiger partial charge >= 0.3 is 0 Å². The zero-order chi connectivity index (χ0) is 25.7. The molecular formula is C27H25FN4O4. The van der Waals surface area contributed by atoms with E-state index in [4.69, 9.17) is 9.47 Å². The third kappa shape index (κ3) is 5.57. The van der Waals surface area contributed by atoms with Gasteiger partial charge in [0.05, 0.1) is 19.2 Å². The molecule has 1 aromatic heterocycles. The van der Waals surface area contributed by atoms with Crippen LogP contribution in [0.2, 0.25) is 0 Å². The molecule has 1 aliphatic heterocycles. The predicted molar refractivity (Wildman–Crippen MR) is 134 cm³/mol. The van der Waals surface area contributed by atoms with E-state index in [9.17, 15) is 14.0 Å². The third-order valence-electron chi connectivity index (χ3n) is 5.63. The van der Waals surface area contributed by atoms with Crippen LogP contribution in [0.25, 0.3) is 0 Å². The van der Waals surface area contributed by atoms with Crippen molar-refractivity contribution in [2.75, 3.05) is 19.0 Å². The number of pyridine rings is 1. The van der Waals surface area contributed by atoms with Crippen molar-refractivity contribution in [2.45, 2.75) is 20.4 Å². The molecule has 0 spiro atoms. The van der Waals surface area contributed by atoms with E-state index >= 15 is 0 Å². The molecule has 184 valence electrons. The molecule has 1 aliphatic rings. The molecule has 4 rings (SSSR count). The SMILES string of the molecule is COc1ncc(CNC(=O)c2cccc(Oc3ccc(C)c(NC(=O)C4=CCN=C4)c3)c2C)cc1F. The van der Waals surface area contributed by atoms with E-state index in [-0.39, 0.29) is 24.2 Å². The normalized spacial score (nSPS) is 12.2. The highest BCUT2D eigenvalue weighted by Gasteiger charge is 2.15. The third-order valence-corrected chi connectivity index (χ3v) is 5.63. The highest BCUT2D eigenvalue weighted by Crippen LogP contribution is 2.30. The number of aryl methyl sites for hydroxylation is 1. The van der Waals surface area contributed by atoms with Crippen LogP contribution in [0, 0.1) is 19.7 Å². The van der Waals surface area contributed by atoms with Crippen molar-refractivity contribution in [3.63, 3.8) is 0 Å². The molecule has 2 aromatic carbocycles. The number of amides is 2. The minimum Gasteiger partial charge on any atom is -0.479 e. The average Bonchev–Trinajstić information content (AvgIpc) is 3.41. The number of carbonyl (C=O) groups excluding carboxylic acids is 2. The Balaban J connectivity index is 1.46. The molecule has 0 aliphatic carbocycles. The van der Waals surface area contributed by atoms with Crippen LogP contribution < -0.4 is 20.1 Å². The van der Waals surface area contributed by atoms with E-state index in [1.165, 1.54) is 19.4 Å². The molecule has 0 atom stereocenters. The Morgan fingerprint density at radius 2 is 1.94 bits per heavy atom. The van der Waals surface area contributed by atoms with Crippen molar-refractivity contribution in [3.8, 4) is 17.4 Å². The number of hydrogen-bond donors (Lipinski definition) is 2. The molecule has 0 radical (unpaired) electrons. The number of carbonyl (C=O) groups is 2. The van der Waals surface area contributed by atoms with Gasteiger partial charge in [0.2, 0.25) is 5.88 Å². The Morgan fingerprint density at radius 3 is 2.67 bits per heavy atom. The smallest absolute Gasteiger partial charge is 0.256 e. The van der Waals surface area contributed by atoms with Crippen molar-refractivity contribution >= 4 is 23.7 Å². The molecule has 8 nitrogen and oxygen atoms in total. The highest BCUT2D eigenvalue weighted by atomic mass is 19.1. The Morgan fingerprint density at radius 1 is 1.11 bits per heavy atom. The second-order valence-corrected chi connectivity index (χ2v) is 8.13. The molecule has 0 bridgehead atoms. The van der Waals surface area contributed by atoms with Gasteiger partial charge in [-0.2, -0.15) is 0 Å². The molecule has 0 saturated heterocycles. The predicted octanol–water partition coefficient (Wildman–Crippen LogP) is 4.52. The fourth-order valence-electron chi connectivity index (χ4n) is 3.59. The topological polar surface area (TPSA) is 102 Å². The minimum atomic E-state index is -0.599. The van der Waals surface area contributed by atoms with E-state index in [0.29, 0.717) is 46.0 Å². The summed E-state index contributed by atoms with van der Waals surface area (Å²) >= 11 is 0. The zero-order valence-corrected chi connectivity index (χ0v) is 20.1. The molecule has 2 N–H and O–H groups in total. The minimum absolute atomic E-state index is 0.0967. The lowest BCUT2D eigenvalue weighted by atomic mass is 10.1. The largest absolute Gasteiger partial charge is 0.479 e. The Hall–Kier alpha value is -4.53. The van der Waals surface area contributed by atoms with Gasteiger partial charge < -0.3 is 20.1 Å². The number of benzene rings is 2. The highest BCUT2D eigenvalue weighted by molar-refractivity contribution is 6.18. The van der Waals surface area contributed by atoms with Gasteiger partial charge in [-0.05, 0) is 55.3 Å². The number of nitrogens with zero attached hydrogens (tertiary/aromatic N) is 2. The van der Waals surface area contributed by atoms with Crippen molar-refractivity contribution in [1.29, 1.82) is 0 Å². The van der Waals surface area contributed by atoms with Crippen molar-refractivity contribution in [3.05, 3.63) is 88.4 Å². The van der Waals surface area contributed by atoms with Crippen LogP contribution >= 0.6 is 0 Å². The summed E-state index contributed by atoms with van der Waals surface area (Å²) in [5, 5.41) is 5.66. The summed E-state index contributed by atoms with van der Waals surface area (Å²) in [4.78, 5) is 33.2. The summed E-state index contributed by atoms with van der Waals surface area (Å²) < 4.78 is 24.7. The standard InChI is InChI=1S/C27H25FN4O4/c1-16-7-8-20(12-23(16)32-25(33)19-9-10-29-15-19)36-24-6-4-5-21(17(24)2)26(34)30-13-18-11-22(28)27(35-3)31-14-18/h4-9,11-12,14-15H,10,13H2,1-3H3,(H,30,34)(H,32,33). The van der Waals surface area contributed by atoms with Gasteiger partial charge in [-0.15, -0.1) is 0 Å². The van der Waals surface area contributed by atoms with E-state index in [2.05, 4.69) is 20.6 Å². The lowest BCUT2D eigenvalue weighted by Gasteiger charge is -2.15. The summed E-state index contributed by atoms with van der Waals surface area (Å²) in [7, 11) is 1.34. The van der Waals surface area contributed by atoms with Crippen molar-refractivity contribution in [1.82, 2.24) is 10.3 Å². The summed E-state index contributed by atoms with van der Waals surface area (Å²) in [6.45, 7) is 4.26. The van der Waals surface area contributed by atoms with Gasteiger partial charge in [0.25, 0.3) is 11.8 Å². The van der Waals surface area contributed by atoms with E-state index in [1.807, 2.05) is 13.0 Å². The van der Waals surface area contributed by atoms with Crippen molar-refractivity contribution in [2.24, 2.45) is 4.99 Å². The quantitative estimate of drug-likeness (QED) is 0.486. The molecule has 3 aromatic rings. The average molecular weight is 489 g/mol. The van der Waals surface area contributed by atoms with Gasteiger partial charge in [0.1, 0.15) is 11.5 Å². The number of aromatic nitrogens is 1. The second-order valence-electron chi connectivity index (χ2n) is 8.13. The molecule has 2 amide bonds. The number of aliphatic imine (C=N–C) groups is 1. The van der Waals surface area contributed by atoms with Crippen LogP contribution in [0.4, 0.5) is 10.1 Å². The molecular weight excluding hydrogens is 463 g/mol. The number of methoxy groups -OCH3 is 1. The summed E-state index contributed by atoms with van der Waals surface area (Å²) in [5.74, 6) is -0.278. The molecule has 0 fully saturated rings. The lowest BCUT2D eigenvalue weighted by Crippen LogP contribution is -2.24. The summed E-state index contributed by atoms with van der Waals surface area (Å²) in [5.41, 5.74) is 3.56. The molecule has 0 saturated carbocycles.